The number of hydrogen-bond donors (Lipinski definition) is 3. The molecule has 0 fully saturated rings. The Morgan fingerprint density at radius 3 is 2.53 bits per heavy atom. The Balaban J connectivity index is 2.68. The number of primary amides is 1. The lowest BCUT2D eigenvalue weighted by Gasteiger charge is -2.17. The Bertz CT molecular complexity index is 458. The van der Waals surface area contributed by atoms with Crippen LogP contribution in [0.15, 0.2) is 24.3 Å². The Morgan fingerprint density at radius 1 is 1.32 bits per heavy atom. The largest absolute Gasteiger partial charge is 0.373 e. The van der Waals surface area contributed by atoms with Gasteiger partial charge in [0.2, 0.25) is 11.8 Å². The van der Waals surface area contributed by atoms with Crippen LogP contribution in [0.5, 0.6) is 0 Å². The summed E-state index contributed by atoms with van der Waals surface area (Å²) in [6.45, 7) is 5.69. The van der Waals surface area contributed by atoms with E-state index in [0.717, 1.165) is 11.3 Å². The minimum absolute atomic E-state index is 0.0292. The number of nitrogens with two attached hydrogens (primary N) is 1. The summed E-state index contributed by atoms with van der Waals surface area (Å²) in [4.78, 5) is 23.1. The molecule has 1 aromatic carbocycles. The van der Waals surface area contributed by atoms with E-state index in [4.69, 9.17) is 5.73 Å². The van der Waals surface area contributed by atoms with Gasteiger partial charge in [-0.25, -0.2) is 0 Å². The summed E-state index contributed by atoms with van der Waals surface area (Å²) in [5.74, 6) is -0.737. The summed E-state index contributed by atoms with van der Waals surface area (Å²) in [7, 11) is 0. The van der Waals surface area contributed by atoms with Gasteiger partial charge in [-0.2, -0.15) is 0 Å². The zero-order valence-corrected chi connectivity index (χ0v) is 11.6. The van der Waals surface area contributed by atoms with Gasteiger partial charge >= 0.3 is 0 Å². The first kappa shape index (κ1) is 15.0. The zero-order chi connectivity index (χ0) is 14.4. The van der Waals surface area contributed by atoms with Crippen LogP contribution in [0.4, 0.5) is 5.69 Å². The van der Waals surface area contributed by atoms with Crippen molar-refractivity contribution in [3.8, 4) is 0 Å². The minimum atomic E-state index is -0.708. The Labute approximate surface area is 113 Å². The summed E-state index contributed by atoms with van der Waals surface area (Å²) in [6, 6.07) is 6.90. The van der Waals surface area contributed by atoms with Crippen molar-refractivity contribution < 1.29 is 9.59 Å². The molecule has 0 radical (unpaired) electrons. The van der Waals surface area contributed by atoms with Crippen LogP contribution >= 0.6 is 0 Å². The second kappa shape index (κ2) is 6.78. The number of benzene rings is 1. The highest BCUT2D eigenvalue weighted by Crippen LogP contribution is 2.12. The summed E-state index contributed by atoms with van der Waals surface area (Å²) in [6.07, 6.45) is 0.0292. The van der Waals surface area contributed by atoms with Gasteiger partial charge in [-0.15, -0.1) is 0 Å². The number of carbonyl (C=O) groups excluding carboxylic acids is 2. The molecule has 2 amide bonds. The summed E-state index contributed by atoms with van der Waals surface area (Å²) in [5, 5.41) is 5.73. The van der Waals surface area contributed by atoms with Crippen molar-refractivity contribution in [1.82, 2.24) is 5.32 Å². The number of nitrogens with one attached hydrogen (secondary N) is 2. The number of carbonyl (C=O) groups is 2. The summed E-state index contributed by atoms with van der Waals surface area (Å²) >= 11 is 0. The highest BCUT2D eigenvalue weighted by atomic mass is 16.2. The predicted molar refractivity (Wildman–Crippen MR) is 75.7 cm³/mol. The monoisotopic (exact) mass is 263 g/mol. The maximum absolute atomic E-state index is 11.7. The molecule has 0 heterocycles. The summed E-state index contributed by atoms with van der Waals surface area (Å²) < 4.78 is 0. The van der Waals surface area contributed by atoms with Crippen molar-refractivity contribution >= 4 is 17.5 Å². The van der Waals surface area contributed by atoms with Gasteiger partial charge in [0.15, 0.2) is 0 Å². The molecule has 19 heavy (non-hydrogen) atoms. The third-order valence-corrected chi connectivity index (χ3v) is 2.54. The molecular formula is C14H21N3O2. The molecule has 4 N–H and O–H groups in total. The van der Waals surface area contributed by atoms with Crippen LogP contribution in [0.25, 0.3) is 0 Å². The highest BCUT2D eigenvalue weighted by molar-refractivity contribution is 5.89. The van der Waals surface area contributed by atoms with Gasteiger partial charge in [0.05, 0.1) is 6.42 Å². The standard InChI is InChI=1S/C14H21N3O2/c1-9(2)16-13(18)8-12(14(15)19)17-11-6-4-5-10(3)7-11/h4-7,9,12,17H,8H2,1-3H3,(H2,15,19)(H,16,18). The smallest absolute Gasteiger partial charge is 0.240 e. The van der Waals surface area contributed by atoms with E-state index in [0.29, 0.717) is 0 Å². The van der Waals surface area contributed by atoms with Gasteiger partial charge in [0, 0.05) is 11.7 Å². The molecule has 0 aliphatic heterocycles. The molecule has 0 aliphatic rings. The predicted octanol–water partition coefficient (Wildman–Crippen LogP) is 1.18. The first-order chi connectivity index (χ1) is 8.88. The van der Waals surface area contributed by atoms with E-state index in [1.165, 1.54) is 0 Å². The molecule has 0 saturated heterocycles. The van der Waals surface area contributed by atoms with Gasteiger partial charge in [-0.05, 0) is 38.5 Å². The topological polar surface area (TPSA) is 84.2 Å². The second-order valence-electron chi connectivity index (χ2n) is 4.90. The highest BCUT2D eigenvalue weighted by Gasteiger charge is 2.19. The van der Waals surface area contributed by atoms with Gasteiger partial charge in [-0.3, -0.25) is 9.59 Å². The Hall–Kier alpha value is -2.04. The van der Waals surface area contributed by atoms with Gasteiger partial charge in [0.25, 0.3) is 0 Å². The average Bonchev–Trinajstić information content (AvgIpc) is 2.26. The fourth-order valence-electron chi connectivity index (χ4n) is 1.73. The maximum Gasteiger partial charge on any atom is 0.240 e. The van der Waals surface area contributed by atoms with E-state index in [2.05, 4.69) is 10.6 Å². The van der Waals surface area contributed by atoms with Crippen molar-refractivity contribution in [1.29, 1.82) is 0 Å². The molecule has 104 valence electrons. The third-order valence-electron chi connectivity index (χ3n) is 2.54. The molecule has 1 atom stereocenters. The van der Waals surface area contributed by atoms with Crippen LogP contribution in [-0.4, -0.2) is 23.9 Å². The van der Waals surface area contributed by atoms with Crippen molar-refractivity contribution in [2.45, 2.75) is 39.3 Å². The van der Waals surface area contributed by atoms with Crippen molar-refractivity contribution in [2.75, 3.05) is 5.32 Å². The van der Waals surface area contributed by atoms with Crippen LogP contribution in [0.1, 0.15) is 25.8 Å². The molecule has 0 aliphatic carbocycles. The van der Waals surface area contributed by atoms with Gasteiger partial charge < -0.3 is 16.4 Å². The molecular weight excluding hydrogens is 242 g/mol. The number of amides is 2. The second-order valence-corrected chi connectivity index (χ2v) is 4.90. The number of anilines is 1. The first-order valence-corrected chi connectivity index (χ1v) is 6.30. The fourth-order valence-corrected chi connectivity index (χ4v) is 1.73. The number of aryl methyl sites for hydroxylation is 1. The molecule has 1 aromatic rings. The Morgan fingerprint density at radius 2 is 2.00 bits per heavy atom. The molecule has 1 unspecified atom stereocenters. The molecule has 1 rings (SSSR count). The van der Waals surface area contributed by atoms with Crippen molar-refractivity contribution in [3.05, 3.63) is 29.8 Å². The molecule has 0 aromatic heterocycles. The summed E-state index contributed by atoms with van der Waals surface area (Å²) in [5.41, 5.74) is 7.17. The molecule has 0 saturated carbocycles. The minimum Gasteiger partial charge on any atom is -0.373 e. The van der Waals surface area contributed by atoms with Crippen molar-refractivity contribution in [3.63, 3.8) is 0 Å². The molecule has 5 heteroatoms. The van der Waals surface area contributed by atoms with E-state index >= 15 is 0 Å². The van der Waals surface area contributed by atoms with Crippen molar-refractivity contribution in [2.24, 2.45) is 5.73 Å². The van der Waals surface area contributed by atoms with E-state index in [1.54, 1.807) is 0 Å². The molecule has 0 bridgehead atoms. The van der Waals surface area contributed by atoms with Gasteiger partial charge in [-0.1, -0.05) is 12.1 Å². The molecule has 5 nitrogen and oxygen atoms in total. The van der Waals surface area contributed by atoms with E-state index in [-0.39, 0.29) is 18.4 Å². The number of rotatable bonds is 6. The van der Waals surface area contributed by atoms with Crippen LogP contribution in [0.2, 0.25) is 0 Å². The van der Waals surface area contributed by atoms with Gasteiger partial charge in [0.1, 0.15) is 6.04 Å². The lowest BCUT2D eigenvalue weighted by atomic mass is 10.1. The van der Waals surface area contributed by atoms with Crippen LogP contribution in [0, 0.1) is 6.92 Å². The quantitative estimate of drug-likeness (QED) is 0.720. The number of hydrogen-bond acceptors (Lipinski definition) is 3. The van der Waals surface area contributed by atoms with Crippen LogP contribution in [-0.2, 0) is 9.59 Å². The van der Waals surface area contributed by atoms with E-state index in [1.807, 2.05) is 45.0 Å². The fraction of sp³-hybridized carbons (Fsp3) is 0.429. The average molecular weight is 263 g/mol. The molecule has 0 spiro atoms. The lowest BCUT2D eigenvalue weighted by Crippen LogP contribution is -2.41. The third kappa shape index (κ3) is 5.42. The van der Waals surface area contributed by atoms with Crippen LogP contribution < -0.4 is 16.4 Å². The van der Waals surface area contributed by atoms with E-state index in [9.17, 15) is 9.59 Å². The normalized spacial score (nSPS) is 12.0. The lowest BCUT2D eigenvalue weighted by molar-refractivity contribution is -0.125. The van der Waals surface area contributed by atoms with E-state index < -0.39 is 11.9 Å². The SMILES string of the molecule is Cc1cccc(NC(CC(=O)NC(C)C)C(N)=O)c1. The zero-order valence-electron chi connectivity index (χ0n) is 11.6. The Kier molecular flexibility index (Phi) is 5.36. The van der Waals surface area contributed by atoms with Crippen LogP contribution in [0.3, 0.4) is 0 Å². The first-order valence-electron chi connectivity index (χ1n) is 6.30. The maximum atomic E-state index is 11.7.